The smallest absolute Gasteiger partial charge is 0.271 e. The highest BCUT2D eigenvalue weighted by atomic mass is 32.2. The second-order valence-corrected chi connectivity index (χ2v) is 8.83. The first-order chi connectivity index (χ1) is 14.8. The minimum Gasteiger partial charge on any atom is -0.378 e. The Balaban J connectivity index is 1.72. The number of carbonyl (C=O) groups is 1. The summed E-state index contributed by atoms with van der Waals surface area (Å²) < 4.78 is 27.9. The fourth-order valence-electron chi connectivity index (χ4n) is 2.76. The zero-order valence-electron chi connectivity index (χ0n) is 17.5. The lowest BCUT2D eigenvalue weighted by Gasteiger charge is -2.12. The SMILES string of the molecule is Cc1ccc(S(=O)(=O)Nc2ccccc2/C=N/NC(=O)c2ccc(N(C)C)cc2)cc1. The van der Waals surface area contributed by atoms with E-state index in [4.69, 9.17) is 0 Å². The lowest BCUT2D eigenvalue weighted by molar-refractivity contribution is 0.0955. The van der Waals surface area contributed by atoms with Gasteiger partial charge in [-0.1, -0.05) is 35.9 Å². The maximum atomic E-state index is 12.7. The average molecular weight is 437 g/mol. The number of hydrazone groups is 1. The van der Waals surface area contributed by atoms with E-state index in [2.05, 4.69) is 15.2 Å². The third-order valence-corrected chi connectivity index (χ3v) is 5.93. The molecular formula is C23H24N4O3S. The van der Waals surface area contributed by atoms with Crippen molar-refractivity contribution in [2.75, 3.05) is 23.7 Å². The highest BCUT2D eigenvalue weighted by Gasteiger charge is 2.15. The maximum Gasteiger partial charge on any atom is 0.271 e. The van der Waals surface area contributed by atoms with Crippen molar-refractivity contribution in [2.24, 2.45) is 5.10 Å². The predicted octanol–water partition coefficient (Wildman–Crippen LogP) is 3.63. The van der Waals surface area contributed by atoms with Gasteiger partial charge >= 0.3 is 0 Å². The Morgan fingerprint density at radius 3 is 2.23 bits per heavy atom. The normalized spacial score (nSPS) is 11.3. The van der Waals surface area contributed by atoms with E-state index in [1.54, 1.807) is 60.7 Å². The van der Waals surface area contributed by atoms with Gasteiger partial charge in [0.05, 0.1) is 16.8 Å². The van der Waals surface area contributed by atoms with Crippen molar-refractivity contribution >= 4 is 33.5 Å². The Bertz CT molecular complexity index is 1190. The maximum absolute atomic E-state index is 12.7. The average Bonchev–Trinajstić information content (AvgIpc) is 2.75. The monoisotopic (exact) mass is 436 g/mol. The van der Waals surface area contributed by atoms with E-state index in [0.717, 1.165) is 11.3 Å². The summed E-state index contributed by atoms with van der Waals surface area (Å²) in [4.78, 5) is 14.4. The van der Waals surface area contributed by atoms with Crippen molar-refractivity contribution in [1.29, 1.82) is 0 Å². The van der Waals surface area contributed by atoms with Crippen LogP contribution in [0, 0.1) is 6.92 Å². The van der Waals surface area contributed by atoms with E-state index >= 15 is 0 Å². The third kappa shape index (κ3) is 5.70. The summed E-state index contributed by atoms with van der Waals surface area (Å²) in [5.74, 6) is -0.362. The molecule has 8 heteroatoms. The lowest BCUT2D eigenvalue weighted by Crippen LogP contribution is -2.18. The molecule has 0 atom stereocenters. The van der Waals surface area contributed by atoms with E-state index < -0.39 is 10.0 Å². The van der Waals surface area contributed by atoms with Gasteiger partial charge in [0.2, 0.25) is 0 Å². The van der Waals surface area contributed by atoms with Gasteiger partial charge in [-0.25, -0.2) is 13.8 Å². The summed E-state index contributed by atoms with van der Waals surface area (Å²) in [5, 5.41) is 3.98. The number of anilines is 2. The number of sulfonamides is 1. The number of benzene rings is 3. The quantitative estimate of drug-likeness (QED) is 0.437. The summed E-state index contributed by atoms with van der Waals surface area (Å²) in [6, 6.07) is 20.5. The van der Waals surface area contributed by atoms with Crippen molar-refractivity contribution in [2.45, 2.75) is 11.8 Å². The number of amides is 1. The molecule has 0 bridgehead atoms. The molecule has 31 heavy (non-hydrogen) atoms. The van der Waals surface area contributed by atoms with Crippen LogP contribution < -0.4 is 15.0 Å². The molecular weight excluding hydrogens is 412 g/mol. The minimum absolute atomic E-state index is 0.166. The number of hydrogen-bond acceptors (Lipinski definition) is 5. The van der Waals surface area contributed by atoms with Crippen molar-refractivity contribution in [3.8, 4) is 0 Å². The largest absolute Gasteiger partial charge is 0.378 e. The first-order valence-corrected chi connectivity index (χ1v) is 11.0. The Hall–Kier alpha value is -3.65. The van der Waals surface area contributed by atoms with Crippen LogP contribution in [0.5, 0.6) is 0 Å². The van der Waals surface area contributed by atoms with Crippen molar-refractivity contribution < 1.29 is 13.2 Å². The minimum atomic E-state index is -3.75. The second-order valence-electron chi connectivity index (χ2n) is 7.15. The zero-order chi connectivity index (χ0) is 22.4. The third-order valence-electron chi connectivity index (χ3n) is 4.55. The van der Waals surface area contributed by atoms with E-state index in [1.165, 1.54) is 6.21 Å². The van der Waals surface area contributed by atoms with Crippen molar-refractivity contribution in [3.63, 3.8) is 0 Å². The van der Waals surface area contributed by atoms with E-state index in [0.29, 0.717) is 16.8 Å². The molecule has 0 heterocycles. The van der Waals surface area contributed by atoms with Crippen LogP contribution in [0.15, 0.2) is 82.8 Å². The molecule has 160 valence electrons. The van der Waals surface area contributed by atoms with Gasteiger partial charge in [-0.15, -0.1) is 0 Å². The molecule has 3 aromatic rings. The first-order valence-electron chi connectivity index (χ1n) is 9.55. The molecule has 0 saturated heterocycles. The van der Waals surface area contributed by atoms with Gasteiger partial charge in [-0.2, -0.15) is 5.10 Å². The van der Waals surface area contributed by atoms with E-state index in [9.17, 15) is 13.2 Å². The topological polar surface area (TPSA) is 90.9 Å². The Morgan fingerprint density at radius 2 is 1.58 bits per heavy atom. The summed E-state index contributed by atoms with van der Waals surface area (Å²) in [7, 11) is 0.0899. The van der Waals surface area contributed by atoms with Gasteiger partial charge in [0.25, 0.3) is 15.9 Å². The molecule has 1 amide bonds. The van der Waals surface area contributed by atoms with Crippen molar-refractivity contribution in [1.82, 2.24) is 5.43 Å². The molecule has 0 aliphatic rings. The van der Waals surface area contributed by atoms with Crippen LogP contribution in [0.4, 0.5) is 11.4 Å². The predicted molar refractivity (Wildman–Crippen MR) is 124 cm³/mol. The number of nitrogens with zero attached hydrogens (tertiary/aromatic N) is 2. The highest BCUT2D eigenvalue weighted by Crippen LogP contribution is 2.19. The fraction of sp³-hybridized carbons (Fsp3) is 0.130. The van der Waals surface area contributed by atoms with Gasteiger partial charge in [0.1, 0.15) is 0 Å². The molecule has 0 aliphatic heterocycles. The second kappa shape index (κ2) is 9.44. The van der Waals surface area contributed by atoms with Gasteiger partial charge in [0, 0.05) is 30.9 Å². The molecule has 0 aromatic heterocycles. The van der Waals surface area contributed by atoms with Crippen molar-refractivity contribution in [3.05, 3.63) is 89.5 Å². The molecule has 3 aromatic carbocycles. The van der Waals surface area contributed by atoms with Crippen LogP contribution in [0.2, 0.25) is 0 Å². The number of hydrogen-bond donors (Lipinski definition) is 2. The number of aryl methyl sites for hydroxylation is 1. The molecule has 0 aliphatic carbocycles. The number of nitrogens with one attached hydrogen (secondary N) is 2. The Kier molecular flexibility index (Phi) is 6.71. The van der Waals surface area contributed by atoms with Crippen LogP contribution in [0.25, 0.3) is 0 Å². The van der Waals surface area contributed by atoms with Crippen LogP contribution in [-0.2, 0) is 10.0 Å². The Morgan fingerprint density at radius 1 is 0.935 bits per heavy atom. The standard InChI is InChI=1S/C23H24N4O3S/c1-17-8-14-21(15-9-17)31(29,30)26-22-7-5-4-6-19(22)16-24-25-23(28)18-10-12-20(13-11-18)27(2)3/h4-16,26H,1-3H3,(H,25,28)/b24-16+. The summed E-state index contributed by atoms with van der Waals surface area (Å²) in [6.45, 7) is 1.89. The molecule has 3 rings (SSSR count). The summed E-state index contributed by atoms with van der Waals surface area (Å²) >= 11 is 0. The molecule has 0 unspecified atom stereocenters. The number of rotatable bonds is 7. The van der Waals surface area contributed by atoms with Crippen LogP contribution in [0.1, 0.15) is 21.5 Å². The van der Waals surface area contributed by atoms with E-state index in [-0.39, 0.29) is 10.8 Å². The molecule has 2 N–H and O–H groups in total. The molecule has 0 fully saturated rings. The summed E-state index contributed by atoms with van der Waals surface area (Å²) in [5.41, 5.74) is 5.76. The van der Waals surface area contributed by atoms with Gasteiger partial charge in [-0.05, 0) is 49.4 Å². The first kappa shape index (κ1) is 22.0. The molecule has 0 spiro atoms. The van der Waals surface area contributed by atoms with E-state index in [1.807, 2.05) is 38.1 Å². The number of carbonyl (C=O) groups excluding carboxylic acids is 1. The molecule has 0 radical (unpaired) electrons. The van der Waals surface area contributed by atoms with Gasteiger partial charge in [0.15, 0.2) is 0 Å². The van der Waals surface area contributed by atoms with Crippen LogP contribution in [0.3, 0.4) is 0 Å². The Labute approximate surface area is 182 Å². The zero-order valence-corrected chi connectivity index (χ0v) is 18.3. The molecule has 0 saturated carbocycles. The fourth-order valence-corrected chi connectivity index (χ4v) is 3.85. The van der Waals surface area contributed by atoms with Gasteiger partial charge in [-0.3, -0.25) is 9.52 Å². The van der Waals surface area contributed by atoms with Gasteiger partial charge < -0.3 is 4.90 Å². The lowest BCUT2D eigenvalue weighted by atomic mass is 10.2. The highest BCUT2D eigenvalue weighted by molar-refractivity contribution is 7.92. The summed E-state index contributed by atoms with van der Waals surface area (Å²) in [6.07, 6.45) is 1.40. The van der Waals surface area contributed by atoms with Crippen LogP contribution >= 0.6 is 0 Å². The number of para-hydroxylation sites is 1. The molecule has 7 nitrogen and oxygen atoms in total. The van der Waals surface area contributed by atoms with Crippen LogP contribution in [-0.4, -0.2) is 34.6 Å².